The van der Waals surface area contributed by atoms with Gasteiger partial charge in [-0.2, -0.15) is 0 Å². The molecule has 0 atom stereocenters. The molecule has 0 bridgehead atoms. The fraction of sp³-hybridized carbons (Fsp3) is 0.0811. The van der Waals surface area contributed by atoms with Crippen LogP contribution in [0, 0.1) is 0 Å². The molecule has 2 heterocycles. The van der Waals surface area contributed by atoms with Gasteiger partial charge in [-0.25, -0.2) is 9.59 Å². The zero-order chi connectivity index (χ0) is 31.0. The smallest absolute Gasteiger partial charge is 0.371 e. The van der Waals surface area contributed by atoms with Crippen LogP contribution in [-0.4, -0.2) is 22.2 Å². The highest BCUT2D eigenvalue weighted by molar-refractivity contribution is 5.86. The number of furan rings is 2. The maximum atomic E-state index is 11.1. The Morgan fingerprint density at radius 1 is 0.533 bits per heavy atom. The SMILES string of the molecule is O=C(O)c1ccc(COc2ccc(C3(c4ccc(OCc5ccc(C(=O)O)o5)cc4)c4ccccc4-c4ccccc43)cc2)o1. The van der Waals surface area contributed by atoms with E-state index in [9.17, 15) is 9.59 Å². The Labute approximate surface area is 257 Å². The number of aromatic carboxylic acids is 2. The number of ether oxygens (including phenoxy) is 2. The van der Waals surface area contributed by atoms with E-state index in [2.05, 4.69) is 60.7 Å². The van der Waals surface area contributed by atoms with Crippen molar-refractivity contribution in [3.8, 4) is 22.6 Å². The van der Waals surface area contributed by atoms with Gasteiger partial charge in [-0.15, -0.1) is 0 Å². The van der Waals surface area contributed by atoms with Crippen molar-refractivity contribution in [1.82, 2.24) is 0 Å². The Balaban J connectivity index is 1.23. The minimum atomic E-state index is -1.13. The van der Waals surface area contributed by atoms with Crippen molar-refractivity contribution >= 4 is 11.9 Å². The first-order chi connectivity index (χ1) is 21.9. The third-order valence-corrected chi connectivity index (χ3v) is 8.03. The average Bonchev–Trinajstić information content (AvgIpc) is 3.81. The van der Waals surface area contributed by atoms with E-state index in [1.54, 1.807) is 12.1 Å². The van der Waals surface area contributed by atoms with Crippen molar-refractivity contribution in [3.63, 3.8) is 0 Å². The molecule has 0 saturated heterocycles. The number of hydrogen-bond donors (Lipinski definition) is 2. The second kappa shape index (κ2) is 11.2. The lowest BCUT2D eigenvalue weighted by molar-refractivity contribution is 0.0648. The van der Waals surface area contributed by atoms with Crippen molar-refractivity contribution in [2.24, 2.45) is 0 Å². The minimum absolute atomic E-state index is 0.0977. The molecule has 2 aromatic heterocycles. The van der Waals surface area contributed by atoms with Crippen LogP contribution in [0.5, 0.6) is 11.5 Å². The van der Waals surface area contributed by atoms with Crippen LogP contribution in [0.25, 0.3) is 11.1 Å². The van der Waals surface area contributed by atoms with Crippen molar-refractivity contribution in [2.45, 2.75) is 18.6 Å². The number of fused-ring (bicyclic) bond motifs is 3. The maximum Gasteiger partial charge on any atom is 0.371 e. The third kappa shape index (κ3) is 4.92. The Morgan fingerprint density at radius 3 is 1.31 bits per heavy atom. The molecule has 0 radical (unpaired) electrons. The highest BCUT2D eigenvalue weighted by Gasteiger charge is 2.45. The monoisotopic (exact) mass is 598 g/mol. The van der Waals surface area contributed by atoms with Crippen LogP contribution in [-0.2, 0) is 18.6 Å². The van der Waals surface area contributed by atoms with Crippen LogP contribution < -0.4 is 9.47 Å². The van der Waals surface area contributed by atoms with Gasteiger partial charge in [-0.05, 0) is 81.9 Å². The first-order valence-corrected chi connectivity index (χ1v) is 14.2. The zero-order valence-electron chi connectivity index (χ0n) is 23.8. The summed E-state index contributed by atoms with van der Waals surface area (Å²) in [4.78, 5) is 22.3. The van der Waals surface area contributed by atoms with E-state index in [0.29, 0.717) is 23.0 Å². The highest BCUT2D eigenvalue weighted by Crippen LogP contribution is 2.56. The molecule has 0 saturated carbocycles. The molecule has 2 N–H and O–H groups in total. The molecule has 1 aliphatic rings. The fourth-order valence-electron chi connectivity index (χ4n) is 6.08. The lowest BCUT2D eigenvalue weighted by Crippen LogP contribution is -2.28. The highest BCUT2D eigenvalue weighted by atomic mass is 16.5. The molecule has 7 rings (SSSR count). The topological polar surface area (TPSA) is 119 Å². The largest absolute Gasteiger partial charge is 0.486 e. The lowest BCUT2D eigenvalue weighted by Gasteiger charge is -2.34. The summed E-state index contributed by atoms with van der Waals surface area (Å²) in [6.07, 6.45) is 0. The summed E-state index contributed by atoms with van der Waals surface area (Å²) in [5.41, 5.74) is 6.09. The van der Waals surface area contributed by atoms with Crippen molar-refractivity contribution in [3.05, 3.63) is 167 Å². The predicted molar refractivity (Wildman–Crippen MR) is 164 cm³/mol. The van der Waals surface area contributed by atoms with Crippen LogP contribution in [0.2, 0.25) is 0 Å². The number of carboxylic acids is 2. The summed E-state index contributed by atoms with van der Waals surface area (Å²) in [7, 11) is 0. The first-order valence-electron chi connectivity index (χ1n) is 14.2. The minimum Gasteiger partial charge on any atom is -0.486 e. The molecule has 8 nitrogen and oxygen atoms in total. The quantitative estimate of drug-likeness (QED) is 0.164. The van der Waals surface area contributed by atoms with Gasteiger partial charge >= 0.3 is 11.9 Å². The van der Waals surface area contributed by atoms with E-state index in [-0.39, 0.29) is 24.7 Å². The molecule has 4 aromatic carbocycles. The van der Waals surface area contributed by atoms with Gasteiger partial charge in [0.05, 0.1) is 5.41 Å². The number of hydrogen-bond acceptors (Lipinski definition) is 6. The molecule has 222 valence electrons. The van der Waals surface area contributed by atoms with E-state index in [0.717, 1.165) is 33.4 Å². The molecular weight excluding hydrogens is 572 g/mol. The molecule has 1 aliphatic carbocycles. The van der Waals surface area contributed by atoms with Gasteiger partial charge in [-0.1, -0.05) is 72.8 Å². The van der Waals surface area contributed by atoms with Gasteiger partial charge in [0, 0.05) is 0 Å². The van der Waals surface area contributed by atoms with Crippen molar-refractivity contribution in [1.29, 1.82) is 0 Å². The van der Waals surface area contributed by atoms with E-state index >= 15 is 0 Å². The molecule has 0 aliphatic heterocycles. The van der Waals surface area contributed by atoms with Crippen LogP contribution in [0.3, 0.4) is 0 Å². The van der Waals surface area contributed by atoms with Crippen molar-refractivity contribution in [2.75, 3.05) is 0 Å². The van der Waals surface area contributed by atoms with E-state index in [4.69, 9.17) is 28.5 Å². The molecule has 0 unspecified atom stereocenters. The Bertz CT molecular complexity index is 1870. The van der Waals surface area contributed by atoms with Gasteiger partial charge in [0.15, 0.2) is 0 Å². The Kier molecular flexibility index (Phi) is 6.94. The third-order valence-electron chi connectivity index (χ3n) is 8.03. The summed E-state index contributed by atoms with van der Waals surface area (Å²) >= 11 is 0. The number of carboxylic acid groups (broad SMARTS) is 2. The number of rotatable bonds is 10. The van der Waals surface area contributed by atoms with Gasteiger partial charge in [-0.3, -0.25) is 0 Å². The molecule has 8 heteroatoms. The fourth-order valence-corrected chi connectivity index (χ4v) is 6.08. The van der Waals surface area contributed by atoms with Crippen molar-refractivity contribution < 1.29 is 38.1 Å². The normalized spacial score (nSPS) is 12.7. The first kappa shape index (κ1) is 27.8. The molecule has 0 fully saturated rings. The lowest BCUT2D eigenvalue weighted by atomic mass is 9.68. The van der Waals surface area contributed by atoms with Crippen LogP contribution >= 0.6 is 0 Å². The summed E-state index contributed by atoms with van der Waals surface area (Å²) in [6.45, 7) is 0.195. The number of carbonyl (C=O) groups is 2. The average molecular weight is 599 g/mol. The summed E-state index contributed by atoms with van der Waals surface area (Å²) in [6, 6.07) is 38.7. The van der Waals surface area contributed by atoms with Gasteiger partial charge in [0.1, 0.15) is 36.2 Å². The Hall–Kier alpha value is -6.02. The number of benzene rings is 4. The standard InChI is InChI=1S/C37H26O8/c38-35(39)33-19-17-27(44-33)21-42-25-13-9-23(10-14-25)37(31-7-3-1-5-29(31)30-6-2-4-8-32(30)37)24-11-15-26(16-12-24)43-22-28-18-20-34(45-28)36(40)41/h1-20H,21-22H2,(H,38,39)(H,40,41). The van der Waals surface area contributed by atoms with Crippen LogP contribution in [0.4, 0.5) is 0 Å². The van der Waals surface area contributed by atoms with Crippen LogP contribution in [0.15, 0.2) is 130 Å². The van der Waals surface area contributed by atoms with E-state index in [1.165, 1.54) is 12.1 Å². The molecule has 6 aromatic rings. The molecule has 45 heavy (non-hydrogen) atoms. The molecule has 0 amide bonds. The summed E-state index contributed by atoms with van der Waals surface area (Å²) in [5.74, 6) is -0.433. The molecular formula is C37H26O8. The molecule has 0 spiro atoms. The van der Waals surface area contributed by atoms with Gasteiger partial charge < -0.3 is 28.5 Å². The second-order valence-corrected chi connectivity index (χ2v) is 10.6. The zero-order valence-corrected chi connectivity index (χ0v) is 23.8. The summed E-state index contributed by atoms with van der Waals surface area (Å²) in [5, 5.41) is 18.2. The van der Waals surface area contributed by atoms with E-state index in [1.807, 2.05) is 36.4 Å². The van der Waals surface area contributed by atoms with Crippen LogP contribution in [0.1, 0.15) is 54.9 Å². The summed E-state index contributed by atoms with van der Waals surface area (Å²) < 4.78 is 22.5. The predicted octanol–water partition coefficient (Wildman–Crippen LogP) is 7.79. The maximum absolute atomic E-state index is 11.1. The van der Waals surface area contributed by atoms with Gasteiger partial charge in [0.2, 0.25) is 11.5 Å². The van der Waals surface area contributed by atoms with Gasteiger partial charge in [0.25, 0.3) is 0 Å². The van der Waals surface area contributed by atoms with E-state index < -0.39 is 17.4 Å². The second-order valence-electron chi connectivity index (χ2n) is 10.6. The Morgan fingerprint density at radius 2 is 0.933 bits per heavy atom.